The lowest BCUT2D eigenvalue weighted by molar-refractivity contribution is 0.505. The van der Waals surface area contributed by atoms with E-state index in [4.69, 9.17) is 17.3 Å². The van der Waals surface area contributed by atoms with Crippen molar-refractivity contribution < 1.29 is 13.2 Å². The highest BCUT2D eigenvalue weighted by atomic mass is 35.5. The standard InChI is InChI=1S/C14H11ClF3N/c15-11-7-13(18)12(17)6-10(11)14(19)5-8-2-1-3-9(16)4-8/h1-4,6-7,14H,5,19H2. The Hall–Kier alpha value is -1.52. The highest BCUT2D eigenvalue weighted by Crippen LogP contribution is 2.26. The molecule has 19 heavy (non-hydrogen) atoms. The number of nitrogens with two attached hydrogens (primary N) is 1. The van der Waals surface area contributed by atoms with Crippen LogP contribution in [0.3, 0.4) is 0 Å². The van der Waals surface area contributed by atoms with Crippen LogP contribution < -0.4 is 5.73 Å². The van der Waals surface area contributed by atoms with E-state index >= 15 is 0 Å². The van der Waals surface area contributed by atoms with Crippen LogP contribution >= 0.6 is 11.6 Å². The highest BCUT2D eigenvalue weighted by molar-refractivity contribution is 6.31. The van der Waals surface area contributed by atoms with Gasteiger partial charge >= 0.3 is 0 Å². The van der Waals surface area contributed by atoms with Crippen molar-refractivity contribution in [3.63, 3.8) is 0 Å². The van der Waals surface area contributed by atoms with Gasteiger partial charge in [-0.3, -0.25) is 0 Å². The van der Waals surface area contributed by atoms with Crippen molar-refractivity contribution in [1.82, 2.24) is 0 Å². The van der Waals surface area contributed by atoms with E-state index in [1.54, 1.807) is 12.1 Å². The lowest BCUT2D eigenvalue weighted by Gasteiger charge is -2.14. The van der Waals surface area contributed by atoms with Crippen molar-refractivity contribution in [2.75, 3.05) is 0 Å². The Balaban J connectivity index is 2.25. The molecule has 2 N–H and O–H groups in total. The number of hydrogen-bond acceptors (Lipinski definition) is 1. The zero-order valence-electron chi connectivity index (χ0n) is 9.84. The van der Waals surface area contributed by atoms with Crippen LogP contribution in [0.15, 0.2) is 36.4 Å². The van der Waals surface area contributed by atoms with Crippen molar-refractivity contribution in [2.24, 2.45) is 5.73 Å². The summed E-state index contributed by atoms with van der Waals surface area (Å²) in [5.41, 5.74) is 6.86. The molecule has 0 aliphatic heterocycles. The molecule has 0 aromatic heterocycles. The summed E-state index contributed by atoms with van der Waals surface area (Å²) >= 11 is 5.83. The van der Waals surface area contributed by atoms with Crippen LogP contribution in [-0.2, 0) is 6.42 Å². The molecule has 2 aromatic rings. The molecule has 0 aliphatic rings. The van der Waals surface area contributed by atoms with Gasteiger partial charge in [0.2, 0.25) is 0 Å². The first-order valence-electron chi connectivity index (χ1n) is 5.62. The first-order valence-corrected chi connectivity index (χ1v) is 5.99. The van der Waals surface area contributed by atoms with Gasteiger partial charge in [0.25, 0.3) is 0 Å². The van der Waals surface area contributed by atoms with Crippen molar-refractivity contribution in [3.05, 3.63) is 70.0 Å². The Bertz CT molecular complexity index is 601. The second kappa shape index (κ2) is 5.63. The molecule has 0 saturated heterocycles. The fourth-order valence-electron chi connectivity index (χ4n) is 1.85. The quantitative estimate of drug-likeness (QED) is 0.848. The molecule has 2 aromatic carbocycles. The largest absolute Gasteiger partial charge is 0.324 e. The topological polar surface area (TPSA) is 26.0 Å². The zero-order chi connectivity index (χ0) is 14.0. The van der Waals surface area contributed by atoms with E-state index in [2.05, 4.69) is 0 Å². The van der Waals surface area contributed by atoms with E-state index < -0.39 is 17.7 Å². The van der Waals surface area contributed by atoms with Gasteiger partial charge in [-0.25, -0.2) is 13.2 Å². The smallest absolute Gasteiger partial charge is 0.160 e. The minimum absolute atomic E-state index is 0.0582. The van der Waals surface area contributed by atoms with Crippen molar-refractivity contribution >= 4 is 11.6 Å². The van der Waals surface area contributed by atoms with Gasteiger partial charge in [0.1, 0.15) is 5.82 Å². The maximum absolute atomic E-state index is 13.2. The fourth-order valence-corrected chi connectivity index (χ4v) is 2.14. The molecule has 0 radical (unpaired) electrons. The third-order valence-corrected chi connectivity index (χ3v) is 3.11. The lowest BCUT2D eigenvalue weighted by Crippen LogP contribution is -2.14. The van der Waals surface area contributed by atoms with E-state index in [0.717, 1.165) is 12.1 Å². The average Bonchev–Trinajstić information content (AvgIpc) is 2.33. The summed E-state index contributed by atoms with van der Waals surface area (Å²) in [7, 11) is 0. The minimum atomic E-state index is -1.02. The van der Waals surface area contributed by atoms with Gasteiger partial charge in [-0.2, -0.15) is 0 Å². The molecule has 0 aliphatic carbocycles. The maximum atomic E-state index is 13.2. The Morgan fingerprint density at radius 1 is 1.05 bits per heavy atom. The number of rotatable bonds is 3. The SMILES string of the molecule is NC(Cc1cccc(F)c1)c1cc(F)c(F)cc1Cl. The zero-order valence-corrected chi connectivity index (χ0v) is 10.6. The molecule has 0 spiro atoms. The molecule has 0 heterocycles. The van der Waals surface area contributed by atoms with E-state index in [-0.39, 0.29) is 17.3 Å². The third-order valence-electron chi connectivity index (χ3n) is 2.78. The molecule has 2 rings (SSSR count). The molecule has 100 valence electrons. The Morgan fingerprint density at radius 3 is 2.42 bits per heavy atom. The highest BCUT2D eigenvalue weighted by Gasteiger charge is 2.15. The van der Waals surface area contributed by atoms with Crippen molar-refractivity contribution in [1.29, 1.82) is 0 Å². The molecule has 0 bridgehead atoms. The minimum Gasteiger partial charge on any atom is -0.324 e. The molecule has 0 fully saturated rings. The second-order valence-electron chi connectivity index (χ2n) is 4.23. The summed E-state index contributed by atoms with van der Waals surface area (Å²) in [4.78, 5) is 0. The maximum Gasteiger partial charge on any atom is 0.160 e. The van der Waals surface area contributed by atoms with Gasteiger partial charge < -0.3 is 5.73 Å². The van der Waals surface area contributed by atoms with Gasteiger partial charge in [0.15, 0.2) is 11.6 Å². The van der Waals surface area contributed by atoms with E-state index in [1.807, 2.05) is 0 Å². The second-order valence-corrected chi connectivity index (χ2v) is 4.64. The normalized spacial score (nSPS) is 12.5. The summed E-state index contributed by atoms with van der Waals surface area (Å²) in [5, 5.41) is 0.0582. The molecule has 1 nitrogen and oxygen atoms in total. The van der Waals surface area contributed by atoms with Gasteiger partial charge in [-0.05, 0) is 41.8 Å². The van der Waals surface area contributed by atoms with Crippen molar-refractivity contribution in [3.8, 4) is 0 Å². The summed E-state index contributed by atoms with van der Waals surface area (Å²) in [6.45, 7) is 0. The monoisotopic (exact) mass is 285 g/mol. The first kappa shape index (κ1) is 13.9. The average molecular weight is 286 g/mol. The number of benzene rings is 2. The number of hydrogen-bond donors (Lipinski definition) is 1. The fraction of sp³-hybridized carbons (Fsp3) is 0.143. The molecule has 0 saturated carbocycles. The molecule has 1 atom stereocenters. The van der Waals surface area contributed by atoms with Crippen LogP contribution in [0.5, 0.6) is 0 Å². The van der Waals surface area contributed by atoms with Gasteiger partial charge in [-0.15, -0.1) is 0 Å². The van der Waals surface area contributed by atoms with Gasteiger partial charge in [0, 0.05) is 11.1 Å². The van der Waals surface area contributed by atoms with Gasteiger partial charge in [0.05, 0.1) is 0 Å². The van der Waals surface area contributed by atoms with Crippen LogP contribution in [-0.4, -0.2) is 0 Å². The van der Waals surface area contributed by atoms with Crippen LogP contribution in [0.1, 0.15) is 17.2 Å². The van der Waals surface area contributed by atoms with Crippen LogP contribution in [0.4, 0.5) is 13.2 Å². The summed E-state index contributed by atoms with van der Waals surface area (Å²) in [5.74, 6) is -2.40. The number of halogens is 4. The first-order chi connectivity index (χ1) is 8.97. The molecule has 1 unspecified atom stereocenters. The van der Waals surface area contributed by atoms with Crippen LogP contribution in [0, 0.1) is 17.5 Å². The van der Waals surface area contributed by atoms with E-state index in [0.29, 0.717) is 11.1 Å². The summed E-state index contributed by atoms with van der Waals surface area (Å²) in [6.07, 6.45) is 0.280. The van der Waals surface area contributed by atoms with Gasteiger partial charge in [-0.1, -0.05) is 23.7 Å². The van der Waals surface area contributed by atoms with Crippen LogP contribution in [0.25, 0.3) is 0 Å². The van der Waals surface area contributed by atoms with E-state index in [9.17, 15) is 13.2 Å². The summed E-state index contributed by atoms with van der Waals surface area (Å²) < 4.78 is 39.2. The molecular formula is C14H11ClF3N. The Kier molecular flexibility index (Phi) is 4.12. The molecule has 0 amide bonds. The summed E-state index contributed by atoms with van der Waals surface area (Å²) in [6, 6.07) is 7.15. The lowest BCUT2D eigenvalue weighted by atomic mass is 9.99. The Morgan fingerprint density at radius 2 is 1.74 bits per heavy atom. The Labute approximate surface area is 113 Å². The predicted molar refractivity (Wildman–Crippen MR) is 68.4 cm³/mol. The predicted octanol–water partition coefficient (Wildman–Crippen LogP) is 4.00. The third kappa shape index (κ3) is 3.28. The van der Waals surface area contributed by atoms with Crippen molar-refractivity contribution in [2.45, 2.75) is 12.5 Å². The van der Waals surface area contributed by atoms with Crippen LogP contribution in [0.2, 0.25) is 5.02 Å². The van der Waals surface area contributed by atoms with E-state index in [1.165, 1.54) is 12.1 Å². The molecular weight excluding hydrogens is 275 g/mol. The molecule has 5 heteroatoms.